The first-order valence-corrected chi connectivity index (χ1v) is 4.27. The summed E-state index contributed by atoms with van der Waals surface area (Å²) in [6.45, 7) is 5.56. The van der Waals surface area contributed by atoms with Gasteiger partial charge in [-0.25, -0.2) is 4.79 Å². The van der Waals surface area contributed by atoms with E-state index in [9.17, 15) is 4.79 Å². The number of hydrogen-bond donors (Lipinski definition) is 0. The molecule has 0 heterocycles. The maximum absolute atomic E-state index is 11.4. The van der Waals surface area contributed by atoms with E-state index < -0.39 is 5.60 Å². The van der Waals surface area contributed by atoms with Crippen molar-refractivity contribution in [2.24, 2.45) is 0 Å². The fraction of sp³-hybridized carbons (Fsp3) is 0.364. The van der Waals surface area contributed by atoms with Crippen LogP contribution in [0.1, 0.15) is 31.1 Å². The van der Waals surface area contributed by atoms with Crippen LogP contribution in [0.25, 0.3) is 0 Å². The predicted molar refractivity (Wildman–Crippen MR) is 60.2 cm³/mol. The summed E-state index contributed by atoms with van der Waals surface area (Å²) in [6, 6.07) is 8.99. The van der Waals surface area contributed by atoms with Crippen LogP contribution in [-0.2, 0) is 4.74 Å². The molecule has 1 rings (SSSR count). The molecule has 2 nitrogen and oxygen atoms in total. The van der Waals surface area contributed by atoms with E-state index in [4.69, 9.17) is 4.74 Å². The van der Waals surface area contributed by atoms with E-state index in [1.807, 2.05) is 39.0 Å². The average molecular weight is 220 g/mol. The van der Waals surface area contributed by atoms with Crippen LogP contribution in [0.2, 0.25) is 0 Å². The van der Waals surface area contributed by atoms with Crippen LogP contribution in [0.15, 0.2) is 30.3 Å². The van der Waals surface area contributed by atoms with Crippen molar-refractivity contribution in [3.8, 4) is 0 Å². The van der Waals surface area contributed by atoms with E-state index >= 15 is 0 Å². The van der Waals surface area contributed by atoms with Crippen LogP contribution in [0.4, 0.5) is 0 Å². The SMILES string of the molecule is CC(C)(C)OC(=O)c1ccccc1.[CaH2]. The normalized spacial score (nSPS) is 10.2. The molecule has 1 aromatic carbocycles. The van der Waals surface area contributed by atoms with Crippen molar-refractivity contribution in [1.82, 2.24) is 0 Å². The fourth-order valence-electron chi connectivity index (χ4n) is 0.911. The van der Waals surface area contributed by atoms with Crippen molar-refractivity contribution < 1.29 is 9.53 Å². The Morgan fingerprint density at radius 1 is 1.14 bits per heavy atom. The quantitative estimate of drug-likeness (QED) is 0.532. The first-order chi connectivity index (χ1) is 5.99. The summed E-state index contributed by atoms with van der Waals surface area (Å²) in [5.74, 6) is -0.270. The molecule has 0 saturated heterocycles. The molecule has 0 aliphatic carbocycles. The van der Waals surface area contributed by atoms with E-state index in [1.165, 1.54) is 0 Å². The zero-order valence-corrected chi connectivity index (χ0v) is 8.20. The van der Waals surface area contributed by atoms with Gasteiger partial charge in [-0.05, 0) is 32.9 Å². The van der Waals surface area contributed by atoms with E-state index in [2.05, 4.69) is 0 Å². The Morgan fingerprint density at radius 2 is 1.64 bits per heavy atom. The molecule has 0 radical (unpaired) electrons. The molecular formula is C11H16CaO2. The number of rotatable bonds is 1. The molecule has 14 heavy (non-hydrogen) atoms. The van der Waals surface area contributed by atoms with Crippen LogP contribution in [0.5, 0.6) is 0 Å². The molecule has 0 spiro atoms. The van der Waals surface area contributed by atoms with Crippen LogP contribution in [0, 0.1) is 0 Å². The topological polar surface area (TPSA) is 26.3 Å². The summed E-state index contributed by atoms with van der Waals surface area (Å²) >= 11 is 0. The summed E-state index contributed by atoms with van der Waals surface area (Å²) in [5.41, 5.74) is 0.171. The minimum absolute atomic E-state index is 0. The third-order valence-electron chi connectivity index (χ3n) is 1.41. The van der Waals surface area contributed by atoms with Gasteiger partial charge in [-0.3, -0.25) is 0 Å². The van der Waals surface area contributed by atoms with Gasteiger partial charge in [0.05, 0.1) is 5.56 Å². The molecule has 0 fully saturated rings. The van der Waals surface area contributed by atoms with Gasteiger partial charge in [0, 0.05) is 0 Å². The third-order valence-corrected chi connectivity index (χ3v) is 1.41. The minimum atomic E-state index is -0.424. The zero-order valence-electron chi connectivity index (χ0n) is 8.20. The summed E-state index contributed by atoms with van der Waals surface area (Å²) < 4.78 is 5.18. The molecule has 0 N–H and O–H groups in total. The molecule has 0 unspecified atom stereocenters. The van der Waals surface area contributed by atoms with E-state index in [1.54, 1.807) is 12.1 Å². The Kier molecular flexibility index (Phi) is 5.72. The molecule has 1 aromatic rings. The third kappa shape index (κ3) is 4.99. The standard InChI is InChI=1S/C11H14O2.Ca.2H/c1-11(2,3)13-10(12)9-7-5-4-6-8-9;;;/h4-8H,1-3H3;;;. The molecule has 3 heteroatoms. The molecule has 0 aliphatic heterocycles. The number of hydrogen-bond acceptors (Lipinski definition) is 2. The van der Waals surface area contributed by atoms with E-state index in [0.29, 0.717) is 5.56 Å². The molecule has 0 saturated carbocycles. The second-order valence-corrected chi connectivity index (χ2v) is 3.87. The van der Waals surface area contributed by atoms with Crippen molar-refractivity contribution in [3.05, 3.63) is 35.9 Å². The Labute approximate surface area is 115 Å². The Hall–Kier alpha value is -0.0503. The van der Waals surface area contributed by atoms with Crippen molar-refractivity contribution in [1.29, 1.82) is 0 Å². The van der Waals surface area contributed by atoms with Gasteiger partial charge < -0.3 is 4.74 Å². The molecule has 0 aromatic heterocycles. The second kappa shape index (κ2) is 5.74. The van der Waals surface area contributed by atoms with Gasteiger partial charge in [0.15, 0.2) is 0 Å². The van der Waals surface area contributed by atoms with Gasteiger partial charge in [-0.1, -0.05) is 18.2 Å². The summed E-state index contributed by atoms with van der Waals surface area (Å²) in [6.07, 6.45) is 0. The van der Waals surface area contributed by atoms with E-state index in [0.717, 1.165) is 0 Å². The van der Waals surface area contributed by atoms with Crippen LogP contribution >= 0.6 is 0 Å². The molecule has 0 aliphatic rings. The van der Waals surface area contributed by atoms with Gasteiger partial charge >= 0.3 is 43.7 Å². The molecule has 0 bridgehead atoms. The summed E-state index contributed by atoms with van der Waals surface area (Å²) in [4.78, 5) is 11.4. The molecule has 74 valence electrons. The molecule has 0 atom stereocenters. The monoisotopic (exact) mass is 220 g/mol. The maximum atomic E-state index is 11.4. The van der Waals surface area contributed by atoms with Gasteiger partial charge in [0.2, 0.25) is 0 Å². The molecule has 0 amide bonds. The van der Waals surface area contributed by atoms with Gasteiger partial charge in [-0.15, -0.1) is 0 Å². The van der Waals surface area contributed by atoms with Crippen molar-refractivity contribution in [3.63, 3.8) is 0 Å². The second-order valence-electron chi connectivity index (χ2n) is 3.87. The molecular weight excluding hydrogens is 204 g/mol. The Balaban J connectivity index is 0.00000169. The van der Waals surface area contributed by atoms with Crippen LogP contribution in [0.3, 0.4) is 0 Å². The first kappa shape index (κ1) is 13.9. The number of carbonyl (C=O) groups excluding carboxylic acids is 1. The summed E-state index contributed by atoms with van der Waals surface area (Å²) in [5, 5.41) is 0. The number of carbonyl (C=O) groups is 1. The zero-order chi connectivity index (χ0) is 9.90. The van der Waals surface area contributed by atoms with Crippen molar-refractivity contribution >= 4 is 43.7 Å². The van der Waals surface area contributed by atoms with Gasteiger partial charge in [0.25, 0.3) is 0 Å². The van der Waals surface area contributed by atoms with Crippen LogP contribution < -0.4 is 0 Å². The predicted octanol–water partition coefficient (Wildman–Crippen LogP) is 1.73. The van der Waals surface area contributed by atoms with Crippen LogP contribution in [-0.4, -0.2) is 49.3 Å². The van der Waals surface area contributed by atoms with Crippen molar-refractivity contribution in [2.75, 3.05) is 0 Å². The first-order valence-electron chi connectivity index (χ1n) is 4.27. The fourth-order valence-corrected chi connectivity index (χ4v) is 0.911. The average Bonchev–Trinajstić information content (AvgIpc) is 2.03. The number of esters is 1. The number of benzene rings is 1. The Bertz CT molecular complexity index is 288. The Morgan fingerprint density at radius 3 is 2.07 bits per heavy atom. The van der Waals surface area contributed by atoms with Gasteiger partial charge in [0.1, 0.15) is 5.60 Å². The van der Waals surface area contributed by atoms with E-state index in [-0.39, 0.29) is 43.7 Å². The summed E-state index contributed by atoms with van der Waals surface area (Å²) in [7, 11) is 0. The number of ether oxygens (including phenoxy) is 1. The van der Waals surface area contributed by atoms with Crippen molar-refractivity contribution in [2.45, 2.75) is 26.4 Å². The van der Waals surface area contributed by atoms with Gasteiger partial charge in [-0.2, -0.15) is 0 Å².